The summed E-state index contributed by atoms with van der Waals surface area (Å²) >= 11 is 6.55. The number of rotatable bonds is 15. The van der Waals surface area contributed by atoms with E-state index in [-0.39, 0.29) is 40.8 Å². The molecule has 0 fully saturated rings. The number of amides is 2. The van der Waals surface area contributed by atoms with Crippen LogP contribution in [0.15, 0.2) is 102 Å². The van der Waals surface area contributed by atoms with E-state index in [9.17, 15) is 28.1 Å². The molecule has 0 aliphatic rings. The molecule has 0 bridgehead atoms. The molecule has 0 spiro atoms. The van der Waals surface area contributed by atoms with E-state index in [1.54, 1.807) is 36.4 Å². The number of hydrogen-bond acceptors (Lipinski definition) is 7. The van der Waals surface area contributed by atoms with E-state index in [0.29, 0.717) is 22.8 Å². The number of nitro benzene ring substituents is 1. The van der Waals surface area contributed by atoms with Gasteiger partial charge in [0, 0.05) is 35.7 Å². The smallest absolute Gasteiger partial charge is 0.273 e. The number of sulfonamides is 1. The van der Waals surface area contributed by atoms with Crippen molar-refractivity contribution in [3.8, 4) is 5.75 Å². The molecule has 4 aromatic carbocycles. The maximum atomic E-state index is 14.6. The lowest BCUT2D eigenvalue weighted by atomic mass is 10.0. The average Bonchev–Trinajstić information content (AvgIpc) is 3.09. The molecule has 0 saturated carbocycles. The highest BCUT2D eigenvalue weighted by Gasteiger charge is 2.35. The number of methoxy groups -OCH3 is 1. The number of carbonyl (C=O) groups excluding carboxylic acids is 2. The predicted molar refractivity (Wildman–Crippen MR) is 189 cm³/mol. The molecule has 0 radical (unpaired) electrons. The number of ether oxygens (including phenoxy) is 1. The predicted octanol–water partition coefficient (Wildman–Crippen LogP) is 6.32. The molecule has 0 heterocycles. The van der Waals surface area contributed by atoms with Crippen LogP contribution in [-0.2, 0) is 32.6 Å². The molecule has 258 valence electrons. The summed E-state index contributed by atoms with van der Waals surface area (Å²) < 4.78 is 34.8. The van der Waals surface area contributed by atoms with Crippen molar-refractivity contribution in [2.24, 2.45) is 0 Å². The Balaban J connectivity index is 1.85. The van der Waals surface area contributed by atoms with Crippen LogP contribution in [0.1, 0.15) is 37.0 Å². The van der Waals surface area contributed by atoms with E-state index < -0.39 is 39.3 Å². The lowest BCUT2D eigenvalue weighted by Crippen LogP contribution is -2.54. The van der Waals surface area contributed by atoms with E-state index in [2.05, 4.69) is 5.32 Å². The van der Waals surface area contributed by atoms with Crippen LogP contribution < -0.4 is 14.4 Å². The Morgan fingerprint density at radius 1 is 0.980 bits per heavy atom. The van der Waals surface area contributed by atoms with Gasteiger partial charge in [-0.2, -0.15) is 0 Å². The van der Waals surface area contributed by atoms with Crippen LogP contribution in [0, 0.1) is 17.0 Å². The third-order valence-electron chi connectivity index (χ3n) is 8.18. The zero-order chi connectivity index (χ0) is 35.7. The van der Waals surface area contributed by atoms with Crippen molar-refractivity contribution in [1.82, 2.24) is 10.2 Å². The average molecular weight is 707 g/mol. The molecule has 2 atom stereocenters. The third kappa shape index (κ3) is 9.15. The van der Waals surface area contributed by atoms with E-state index in [1.807, 2.05) is 44.2 Å². The molecular weight excluding hydrogens is 668 g/mol. The molecule has 1 N–H and O–H groups in total. The standard InChI is InChI=1S/C36H39ClN4O7S/c1-5-26(3)38-36(43)34(21-27-11-7-6-8-12-27)39(23-28-13-9-10-14-32(28)37)35(42)24-40(29-16-18-30(48-4)19-17-29)49(46,47)31-20-15-25(2)33(22-31)41(44)45/h6-20,22,26,34H,5,21,23-24H2,1-4H3,(H,38,43). The molecular formula is C36H39ClN4O7S. The molecule has 2 unspecified atom stereocenters. The van der Waals surface area contributed by atoms with E-state index in [4.69, 9.17) is 16.3 Å². The second kappa shape index (κ2) is 16.4. The van der Waals surface area contributed by atoms with Crippen LogP contribution in [0.5, 0.6) is 5.75 Å². The molecule has 0 aliphatic carbocycles. The molecule has 4 rings (SSSR count). The monoisotopic (exact) mass is 706 g/mol. The van der Waals surface area contributed by atoms with Crippen molar-refractivity contribution in [2.45, 2.75) is 57.1 Å². The molecule has 0 saturated heterocycles. The van der Waals surface area contributed by atoms with Crippen LogP contribution >= 0.6 is 11.6 Å². The van der Waals surface area contributed by atoms with Crippen LogP contribution in [0.2, 0.25) is 5.02 Å². The lowest BCUT2D eigenvalue weighted by Gasteiger charge is -2.34. The molecule has 13 heteroatoms. The molecule has 11 nitrogen and oxygen atoms in total. The number of benzene rings is 4. The summed E-state index contributed by atoms with van der Waals surface area (Å²) in [6.07, 6.45) is 0.785. The van der Waals surface area contributed by atoms with Gasteiger partial charge in [0.1, 0.15) is 18.3 Å². The first-order valence-electron chi connectivity index (χ1n) is 15.6. The second-order valence-corrected chi connectivity index (χ2v) is 13.8. The fourth-order valence-corrected chi connectivity index (χ4v) is 6.79. The summed E-state index contributed by atoms with van der Waals surface area (Å²) in [4.78, 5) is 40.6. The van der Waals surface area contributed by atoms with Crippen LogP contribution in [0.3, 0.4) is 0 Å². The summed E-state index contributed by atoms with van der Waals surface area (Å²) in [5.41, 5.74) is 1.35. The molecule has 0 aliphatic heterocycles. The third-order valence-corrected chi connectivity index (χ3v) is 10.3. The van der Waals surface area contributed by atoms with Crippen molar-refractivity contribution in [1.29, 1.82) is 0 Å². The SMILES string of the molecule is CCC(C)NC(=O)C(Cc1ccccc1)N(Cc1ccccc1Cl)C(=O)CN(c1ccc(OC)cc1)S(=O)(=O)c1ccc(C)c([N+](=O)[O-])c1. The van der Waals surface area contributed by atoms with Gasteiger partial charge in [0.25, 0.3) is 15.7 Å². The summed E-state index contributed by atoms with van der Waals surface area (Å²) in [6.45, 7) is 4.45. The zero-order valence-electron chi connectivity index (χ0n) is 27.7. The Kier molecular flexibility index (Phi) is 12.4. The second-order valence-electron chi connectivity index (χ2n) is 11.6. The first kappa shape index (κ1) is 36.9. The van der Waals surface area contributed by atoms with Crippen molar-refractivity contribution in [3.05, 3.63) is 129 Å². The molecule has 4 aromatic rings. The number of halogens is 1. The number of anilines is 1. The highest BCUT2D eigenvalue weighted by atomic mass is 35.5. The maximum Gasteiger partial charge on any atom is 0.273 e. The first-order valence-corrected chi connectivity index (χ1v) is 17.5. The first-order chi connectivity index (χ1) is 23.3. The number of hydrogen-bond donors (Lipinski definition) is 1. The van der Waals surface area contributed by atoms with Crippen molar-refractivity contribution in [3.63, 3.8) is 0 Å². The maximum absolute atomic E-state index is 14.6. The van der Waals surface area contributed by atoms with E-state index in [1.165, 1.54) is 43.2 Å². The van der Waals surface area contributed by atoms with Gasteiger partial charge in [-0.1, -0.05) is 73.1 Å². The van der Waals surface area contributed by atoms with Crippen LogP contribution in [-0.4, -0.2) is 55.8 Å². The number of carbonyl (C=O) groups is 2. The highest BCUT2D eigenvalue weighted by molar-refractivity contribution is 7.92. The largest absolute Gasteiger partial charge is 0.497 e. The van der Waals surface area contributed by atoms with Gasteiger partial charge in [-0.3, -0.25) is 24.0 Å². The minimum absolute atomic E-state index is 0.101. The fourth-order valence-electron chi connectivity index (χ4n) is 5.16. The van der Waals surface area contributed by atoms with Crippen molar-refractivity contribution < 1.29 is 27.7 Å². The zero-order valence-corrected chi connectivity index (χ0v) is 29.3. The minimum Gasteiger partial charge on any atom is -0.497 e. The summed E-state index contributed by atoms with van der Waals surface area (Å²) in [6, 6.07) is 24.5. The molecule has 0 aromatic heterocycles. The number of nitro groups is 1. The van der Waals surface area contributed by atoms with E-state index >= 15 is 0 Å². The van der Waals surface area contributed by atoms with Gasteiger partial charge in [0.05, 0.1) is 22.6 Å². The number of aryl methyl sites for hydroxylation is 1. The van der Waals surface area contributed by atoms with Crippen LogP contribution in [0.4, 0.5) is 11.4 Å². The topological polar surface area (TPSA) is 139 Å². The lowest BCUT2D eigenvalue weighted by molar-refractivity contribution is -0.385. The Morgan fingerprint density at radius 3 is 2.24 bits per heavy atom. The van der Waals surface area contributed by atoms with E-state index in [0.717, 1.165) is 15.9 Å². The van der Waals surface area contributed by atoms with Gasteiger partial charge in [-0.25, -0.2) is 8.42 Å². The molecule has 49 heavy (non-hydrogen) atoms. The highest BCUT2D eigenvalue weighted by Crippen LogP contribution is 2.30. The van der Waals surface area contributed by atoms with Gasteiger partial charge >= 0.3 is 0 Å². The molecule has 2 amide bonds. The van der Waals surface area contributed by atoms with Gasteiger partial charge in [-0.15, -0.1) is 0 Å². The number of nitrogens with one attached hydrogen (secondary N) is 1. The summed E-state index contributed by atoms with van der Waals surface area (Å²) in [5.74, 6) is -0.656. The minimum atomic E-state index is -4.57. The summed E-state index contributed by atoms with van der Waals surface area (Å²) in [7, 11) is -3.11. The normalized spacial score (nSPS) is 12.4. The van der Waals surface area contributed by atoms with Gasteiger partial charge in [-0.05, 0) is 67.8 Å². The Bertz CT molecular complexity index is 1890. The number of nitrogens with zero attached hydrogens (tertiary/aromatic N) is 3. The fraction of sp³-hybridized carbons (Fsp3) is 0.278. The quantitative estimate of drug-likeness (QED) is 0.113. The van der Waals surface area contributed by atoms with Crippen molar-refractivity contribution >= 4 is 44.8 Å². The Morgan fingerprint density at radius 2 is 1.63 bits per heavy atom. The van der Waals surface area contributed by atoms with Gasteiger partial charge < -0.3 is 15.0 Å². The van der Waals surface area contributed by atoms with Crippen molar-refractivity contribution in [2.75, 3.05) is 18.0 Å². The van der Waals surface area contributed by atoms with Crippen LogP contribution in [0.25, 0.3) is 0 Å². The van der Waals surface area contributed by atoms with Gasteiger partial charge in [0.2, 0.25) is 11.8 Å². The van der Waals surface area contributed by atoms with Gasteiger partial charge in [0.15, 0.2) is 0 Å². The Hall–Kier alpha value is -4.94. The Labute approximate surface area is 291 Å². The summed E-state index contributed by atoms with van der Waals surface area (Å²) in [5, 5.41) is 15.1.